The van der Waals surface area contributed by atoms with Crippen molar-refractivity contribution < 1.29 is 19.1 Å². The second-order valence-corrected chi connectivity index (χ2v) is 6.07. The molecule has 132 valence electrons. The number of benzene rings is 1. The van der Waals surface area contributed by atoms with Crippen LogP contribution in [0.15, 0.2) is 30.3 Å². The lowest BCUT2D eigenvalue weighted by Crippen LogP contribution is -2.53. The van der Waals surface area contributed by atoms with Crippen molar-refractivity contribution in [2.24, 2.45) is 0 Å². The van der Waals surface area contributed by atoms with E-state index in [1.807, 2.05) is 13.0 Å². The molecule has 6 nitrogen and oxygen atoms in total. The van der Waals surface area contributed by atoms with E-state index in [4.69, 9.17) is 4.74 Å². The molecule has 0 fully saturated rings. The summed E-state index contributed by atoms with van der Waals surface area (Å²) in [5, 5.41) is 5.50. The molecular formula is C18H26N2O4. The van der Waals surface area contributed by atoms with Gasteiger partial charge in [0.05, 0.1) is 7.11 Å². The average Bonchev–Trinajstić information content (AvgIpc) is 2.54. The van der Waals surface area contributed by atoms with Crippen LogP contribution in [-0.4, -0.2) is 36.5 Å². The van der Waals surface area contributed by atoms with Crippen LogP contribution in [0.2, 0.25) is 0 Å². The van der Waals surface area contributed by atoms with Gasteiger partial charge < -0.3 is 15.4 Å². The van der Waals surface area contributed by atoms with Gasteiger partial charge in [-0.1, -0.05) is 31.5 Å². The summed E-state index contributed by atoms with van der Waals surface area (Å²) >= 11 is 0. The molecule has 0 unspecified atom stereocenters. The van der Waals surface area contributed by atoms with Gasteiger partial charge in [0.1, 0.15) is 5.54 Å². The van der Waals surface area contributed by atoms with Crippen molar-refractivity contribution >= 4 is 17.8 Å². The number of rotatable bonds is 8. The maximum Gasteiger partial charge on any atom is 0.331 e. The Morgan fingerprint density at radius 1 is 1.21 bits per heavy atom. The molecule has 1 aromatic rings. The van der Waals surface area contributed by atoms with Crippen LogP contribution in [0.25, 0.3) is 0 Å². The molecule has 2 atom stereocenters. The fourth-order valence-electron chi connectivity index (χ4n) is 2.53. The summed E-state index contributed by atoms with van der Waals surface area (Å²) in [6.45, 7) is 5.32. The first-order chi connectivity index (χ1) is 11.3. The predicted octanol–water partition coefficient (Wildman–Crippen LogP) is 2.04. The van der Waals surface area contributed by atoms with Gasteiger partial charge in [0.15, 0.2) is 0 Å². The standard InChI is InChI=1S/C18H26N2O4/c1-5-11-18(3,17(23)24-4)20-15(21)12-13(2)19-16(22)14-9-7-6-8-10-14/h6-10,13H,5,11-12H2,1-4H3,(H,19,22)(H,20,21)/t13-,18-/m0/s1. The molecule has 0 aliphatic carbocycles. The lowest BCUT2D eigenvalue weighted by Gasteiger charge is -2.28. The summed E-state index contributed by atoms with van der Waals surface area (Å²) in [5.74, 6) is -1.02. The third kappa shape index (κ3) is 5.68. The van der Waals surface area contributed by atoms with Crippen LogP contribution < -0.4 is 10.6 Å². The smallest absolute Gasteiger partial charge is 0.331 e. The lowest BCUT2D eigenvalue weighted by molar-refractivity contribution is -0.150. The van der Waals surface area contributed by atoms with E-state index < -0.39 is 11.5 Å². The Morgan fingerprint density at radius 3 is 2.38 bits per heavy atom. The molecule has 0 aliphatic rings. The molecule has 2 N–H and O–H groups in total. The van der Waals surface area contributed by atoms with Gasteiger partial charge in [-0.05, 0) is 32.4 Å². The third-order valence-corrected chi connectivity index (χ3v) is 3.71. The van der Waals surface area contributed by atoms with E-state index in [1.54, 1.807) is 38.1 Å². The molecule has 1 rings (SSSR count). The maximum absolute atomic E-state index is 12.2. The third-order valence-electron chi connectivity index (χ3n) is 3.71. The van der Waals surface area contributed by atoms with Gasteiger partial charge in [0.25, 0.3) is 5.91 Å². The second kappa shape index (κ2) is 9.05. The summed E-state index contributed by atoms with van der Waals surface area (Å²) in [6.07, 6.45) is 1.29. The minimum atomic E-state index is -1.05. The van der Waals surface area contributed by atoms with Crippen LogP contribution in [0.5, 0.6) is 0 Å². The van der Waals surface area contributed by atoms with Crippen LogP contribution in [0.4, 0.5) is 0 Å². The van der Waals surface area contributed by atoms with E-state index in [1.165, 1.54) is 7.11 Å². The number of amides is 2. The Hall–Kier alpha value is -2.37. The lowest BCUT2D eigenvalue weighted by atomic mass is 9.95. The maximum atomic E-state index is 12.2. The van der Waals surface area contributed by atoms with Gasteiger partial charge in [-0.2, -0.15) is 0 Å². The van der Waals surface area contributed by atoms with Gasteiger partial charge in [0, 0.05) is 18.0 Å². The number of methoxy groups -OCH3 is 1. The number of ether oxygens (including phenoxy) is 1. The average molecular weight is 334 g/mol. The van der Waals surface area contributed by atoms with Crippen molar-refractivity contribution in [2.75, 3.05) is 7.11 Å². The summed E-state index contributed by atoms with van der Waals surface area (Å²) in [5.41, 5.74) is -0.515. The quantitative estimate of drug-likeness (QED) is 0.713. The van der Waals surface area contributed by atoms with Gasteiger partial charge in [-0.3, -0.25) is 9.59 Å². The van der Waals surface area contributed by atoms with E-state index in [0.717, 1.165) is 6.42 Å². The SMILES string of the molecule is CCC[C@](C)(NC(=O)C[C@H](C)NC(=O)c1ccccc1)C(=O)OC. The Kier molecular flexibility index (Phi) is 7.42. The largest absolute Gasteiger partial charge is 0.467 e. The topological polar surface area (TPSA) is 84.5 Å². The Balaban J connectivity index is 2.59. The number of carbonyl (C=O) groups excluding carboxylic acids is 3. The number of esters is 1. The molecule has 0 spiro atoms. The Bertz CT molecular complexity index is 574. The van der Waals surface area contributed by atoms with Crippen LogP contribution >= 0.6 is 0 Å². The predicted molar refractivity (Wildman–Crippen MR) is 91.5 cm³/mol. The number of nitrogens with one attached hydrogen (secondary N) is 2. The fourth-order valence-corrected chi connectivity index (χ4v) is 2.53. The monoisotopic (exact) mass is 334 g/mol. The van der Waals surface area contributed by atoms with E-state index in [2.05, 4.69) is 10.6 Å². The zero-order valence-corrected chi connectivity index (χ0v) is 14.7. The molecule has 2 amide bonds. The molecule has 6 heteroatoms. The fraction of sp³-hybridized carbons (Fsp3) is 0.500. The highest BCUT2D eigenvalue weighted by molar-refractivity contribution is 5.94. The van der Waals surface area contributed by atoms with Gasteiger partial charge in [-0.25, -0.2) is 4.79 Å². The van der Waals surface area contributed by atoms with Gasteiger partial charge in [0.2, 0.25) is 5.91 Å². The summed E-state index contributed by atoms with van der Waals surface area (Å²) in [6, 6.07) is 8.43. The van der Waals surface area contributed by atoms with Crippen LogP contribution in [-0.2, 0) is 14.3 Å². The van der Waals surface area contributed by atoms with E-state index in [9.17, 15) is 14.4 Å². The van der Waals surface area contributed by atoms with Crippen molar-refractivity contribution in [3.8, 4) is 0 Å². The summed E-state index contributed by atoms with van der Waals surface area (Å²) in [7, 11) is 1.30. The van der Waals surface area contributed by atoms with Gasteiger partial charge >= 0.3 is 5.97 Å². The van der Waals surface area contributed by atoms with E-state index in [-0.39, 0.29) is 24.3 Å². The zero-order chi connectivity index (χ0) is 18.2. The van der Waals surface area contributed by atoms with E-state index >= 15 is 0 Å². The summed E-state index contributed by atoms with van der Waals surface area (Å²) < 4.78 is 4.77. The van der Waals surface area contributed by atoms with Crippen molar-refractivity contribution in [1.82, 2.24) is 10.6 Å². The molecular weight excluding hydrogens is 308 g/mol. The van der Waals surface area contributed by atoms with Crippen molar-refractivity contribution in [3.05, 3.63) is 35.9 Å². The highest BCUT2D eigenvalue weighted by Crippen LogP contribution is 2.15. The molecule has 0 saturated heterocycles. The zero-order valence-electron chi connectivity index (χ0n) is 14.7. The number of hydrogen-bond acceptors (Lipinski definition) is 4. The number of hydrogen-bond donors (Lipinski definition) is 2. The van der Waals surface area contributed by atoms with Crippen LogP contribution in [0.3, 0.4) is 0 Å². The molecule has 0 heterocycles. The van der Waals surface area contributed by atoms with Crippen LogP contribution in [0.1, 0.15) is 50.4 Å². The molecule has 0 bridgehead atoms. The Labute approximate surface area is 143 Å². The molecule has 0 aliphatic heterocycles. The van der Waals surface area contributed by atoms with Crippen molar-refractivity contribution in [1.29, 1.82) is 0 Å². The van der Waals surface area contributed by atoms with E-state index in [0.29, 0.717) is 12.0 Å². The van der Waals surface area contributed by atoms with Crippen LogP contribution in [0, 0.1) is 0 Å². The summed E-state index contributed by atoms with van der Waals surface area (Å²) in [4.78, 5) is 36.2. The first kappa shape index (κ1) is 19.7. The molecule has 0 aromatic heterocycles. The van der Waals surface area contributed by atoms with Gasteiger partial charge in [-0.15, -0.1) is 0 Å². The molecule has 0 radical (unpaired) electrons. The van der Waals surface area contributed by atoms with Crippen molar-refractivity contribution in [3.63, 3.8) is 0 Å². The Morgan fingerprint density at radius 2 is 1.83 bits per heavy atom. The highest BCUT2D eigenvalue weighted by Gasteiger charge is 2.35. The molecule has 0 saturated carbocycles. The molecule has 1 aromatic carbocycles. The normalized spacial score (nSPS) is 14.2. The number of carbonyl (C=O) groups is 3. The minimum absolute atomic E-state index is 0.0782. The highest BCUT2D eigenvalue weighted by atomic mass is 16.5. The first-order valence-electron chi connectivity index (χ1n) is 8.07. The van der Waals surface area contributed by atoms with Crippen molar-refractivity contribution in [2.45, 2.75) is 51.6 Å². The first-order valence-corrected chi connectivity index (χ1v) is 8.07. The minimum Gasteiger partial charge on any atom is -0.467 e. The second-order valence-electron chi connectivity index (χ2n) is 6.07. The molecule has 24 heavy (non-hydrogen) atoms.